The molecule has 5 aromatic rings. The summed E-state index contributed by atoms with van der Waals surface area (Å²) in [7, 11) is 3.16. The van der Waals surface area contributed by atoms with Gasteiger partial charge in [0.05, 0.1) is 14.2 Å². The van der Waals surface area contributed by atoms with Gasteiger partial charge < -0.3 is 23.6 Å². The summed E-state index contributed by atoms with van der Waals surface area (Å²) >= 11 is 0. The van der Waals surface area contributed by atoms with E-state index in [0.29, 0.717) is 39.8 Å². The van der Waals surface area contributed by atoms with Gasteiger partial charge in [-0.3, -0.25) is 4.79 Å². The number of anilines is 1. The number of aromatic nitrogens is 1. The van der Waals surface area contributed by atoms with E-state index in [9.17, 15) is 4.79 Å². The largest absolute Gasteiger partial charge is 0.493 e. The van der Waals surface area contributed by atoms with Crippen molar-refractivity contribution in [3.8, 4) is 23.0 Å². The van der Waals surface area contributed by atoms with Crippen LogP contribution >= 0.6 is 0 Å². The average Bonchev–Trinajstić information content (AvgIpc) is 3.42. The molecule has 3 aromatic carbocycles. The van der Waals surface area contributed by atoms with Gasteiger partial charge in [0.25, 0.3) is 5.91 Å². The number of oxazole rings is 1. The summed E-state index contributed by atoms with van der Waals surface area (Å²) in [6, 6.07) is 19.9. The molecule has 5 rings (SSSR count). The lowest BCUT2D eigenvalue weighted by molar-refractivity contribution is 0.0998. The number of nitrogens with zero attached hydrogens (tertiary/aromatic N) is 1. The van der Waals surface area contributed by atoms with Crippen LogP contribution in [-0.4, -0.2) is 25.1 Å². The lowest BCUT2D eigenvalue weighted by Crippen LogP contribution is -2.10. The van der Waals surface area contributed by atoms with Crippen molar-refractivity contribution in [2.75, 3.05) is 19.5 Å². The van der Waals surface area contributed by atoms with Crippen molar-refractivity contribution in [2.45, 2.75) is 0 Å². The van der Waals surface area contributed by atoms with Crippen LogP contribution < -0.4 is 14.8 Å². The van der Waals surface area contributed by atoms with Crippen molar-refractivity contribution in [2.24, 2.45) is 0 Å². The molecule has 0 unspecified atom stereocenters. The van der Waals surface area contributed by atoms with Crippen molar-refractivity contribution in [3.05, 3.63) is 72.5 Å². The molecule has 0 spiro atoms. The highest BCUT2D eigenvalue weighted by Crippen LogP contribution is 2.33. The number of carbonyl (C=O) groups is 1. The highest BCUT2D eigenvalue weighted by molar-refractivity contribution is 6.05. The minimum atomic E-state index is -0.334. The van der Waals surface area contributed by atoms with Crippen molar-refractivity contribution < 1.29 is 23.1 Å². The number of nitrogens with one attached hydrogen (secondary N) is 1. The van der Waals surface area contributed by atoms with Crippen LogP contribution in [-0.2, 0) is 0 Å². The zero-order valence-electron chi connectivity index (χ0n) is 16.8. The van der Waals surface area contributed by atoms with Crippen LogP contribution in [0.15, 0.2) is 75.6 Å². The Bertz CT molecular complexity index is 1380. The number of carbonyl (C=O) groups excluding carboxylic acids is 1. The Labute approximate surface area is 177 Å². The second-order valence-electron chi connectivity index (χ2n) is 6.87. The van der Waals surface area contributed by atoms with Gasteiger partial charge in [0.15, 0.2) is 22.8 Å². The van der Waals surface area contributed by atoms with Crippen LogP contribution in [0.25, 0.3) is 33.5 Å². The predicted octanol–water partition coefficient (Wildman–Crippen LogP) is 5.51. The first-order chi connectivity index (χ1) is 15.1. The number of para-hydroxylation sites is 1. The van der Waals surface area contributed by atoms with E-state index in [-0.39, 0.29) is 11.7 Å². The van der Waals surface area contributed by atoms with E-state index in [4.69, 9.17) is 18.3 Å². The van der Waals surface area contributed by atoms with Crippen molar-refractivity contribution in [1.82, 2.24) is 4.98 Å². The van der Waals surface area contributed by atoms with Gasteiger partial charge in [0.1, 0.15) is 11.1 Å². The third-order valence-electron chi connectivity index (χ3n) is 4.93. The Morgan fingerprint density at radius 3 is 2.52 bits per heavy atom. The molecular formula is C24H18N2O5. The molecule has 0 saturated carbocycles. The number of benzene rings is 3. The standard InChI is InChI=1S/C24H18N2O5/c1-28-20-9-7-15(12-21(20)29-2)24-26-17-13-16(8-10-19(17)31-24)25-23(27)22-11-14-5-3-4-6-18(14)30-22/h3-13H,1-2H3,(H,25,27). The van der Waals surface area contributed by atoms with Crippen LogP contribution in [0.1, 0.15) is 10.6 Å². The smallest absolute Gasteiger partial charge is 0.291 e. The summed E-state index contributed by atoms with van der Waals surface area (Å²) in [6.45, 7) is 0. The maximum absolute atomic E-state index is 12.6. The molecular weight excluding hydrogens is 396 g/mol. The lowest BCUT2D eigenvalue weighted by atomic mass is 10.2. The Morgan fingerprint density at radius 2 is 1.71 bits per heavy atom. The second kappa shape index (κ2) is 7.53. The zero-order chi connectivity index (χ0) is 21.4. The number of rotatable bonds is 5. The number of amides is 1. The Morgan fingerprint density at radius 1 is 0.871 bits per heavy atom. The van der Waals surface area contributed by atoms with Gasteiger partial charge in [-0.05, 0) is 48.5 Å². The van der Waals surface area contributed by atoms with Crippen LogP contribution in [0.4, 0.5) is 5.69 Å². The summed E-state index contributed by atoms with van der Waals surface area (Å²) < 4.78 is 22.1. The molecule has 154 valence electrons. The van der Waals surface area contributed by atoms with Gasteiger partial charge in [-0.25, -0.2) is 4.98 Å². The van der Waals surface area contributed by atoms with Crippen molar-refractivity contribution in [1.29, 1.82) is 0 Å². The molecule has 0 aliphatic carbocycles. The van der Waals surface area contributed by atoms with Gasteiger partial charge in [-0.1, -0.05) is 18.2 Å². The molecule has 0 bridgehead atoms. The fourth-order valence-electron chi connectivity index (χ4n) is 3.38. The molecule has 7 nitrogen and oxygen atoms in total. The number of hydrogen-bond acceptors (Lipinski definition) is 6. The molecule has 2 aromatic heterocycles. The first-order valence-corrected chi connectivity index (χ1v) is 9.57. The van der Waals surface area contributed by atoms with Crippen molar-refractivity contribution >= 4 is 33.7 Å². The molecule has 0 aliphatic rings. The van der Waals surface area contributed by atoms with E-state index in [0.717, 1.165) is 10.9 Å². The molecule has 31 heavy (non-hydrogen) atoms. The van der Waals surface area contributed by atoms with Gasteiger partial charge in [0.2, 0.25) is 5.89 Å². The normalized spacial score (nSPS) is 11.0. The van der Waals surface area contributed by atoms with E-state index in [1.54, 1.807) is 50.6 Å². The first kappa shape index (κ1) is 18.7. The molecule has 1 amide bonds. The fourth-order valence-corrected chi connectivity index (χ4v) is 3.38. The van der Waals surface area contributed by atoms with Crippen LogP contribution in [0.3, 0.4) is 0 Å². The quantitative estimate of drug-likeness (QED) is 0.408. The Hall–Kier alpha value is -4.26. The minimum absolute atomic E-state index is 0.243. The second-order valence-corrected chi connectivity index (χ2v) is 6.87. The third-order valence-corrected chi connectivity index (χ3v) is 4.93. The van der Waals surface area contributed by atoms with Crippen LogP contribution in [0.5, 0.6) is 11.5 Å². The number of hydrogen-bond donors (Lipinski definition) is 1. The third kappa shape index (κ3) is 3.46. The van der Waals surface area contributed by atoms with Crippen LogP contribution in [0.2, 0.25) is 0 Å². The van der Waals surface area contributed by atoms with E-state index >= 15 is 0 Å². The van der Waals surface area contributed by atoms with E-state index < -0.39 is 0 Å². The summed E-state index contributed by atoms with van der Waals surface area (Å²) in [5, 5.41) is 3.72. The van der Waals surface area contributed by atoms with E-state index in [2.05, 4.69) is 10.3 Å². The molecule has 0 aliphatic heterocycles. The van der Waals surface area contributed by atoms with Crippen molar-refractivity contribution in [3.63, 3.8) is 0 Å². The number of fused-ring (bicyclic) bond motifs is 2. The van der Waals surface area contributed by atoms with E-state index in [1.165, 1.54) is 0 Å². The Balaban J connectivity index is 1.42. The number of methoxy groups -OCH3 is 2. The maximum Gasteiger partial charge on any atom is 0.291 e. The van der Waals surface area contributed by atoms with Gasteiger partial charge in [-0.15, -0.1) is 0 Å². The van der Waals surface area contributed by atoms with Crippen LogP contribution in [0, 0.1) is 0 Å². The monoisotopic (exact) mass is 414 g/mol. The molecule has 2 heterocycles. The summed E-state index contributed by atoms with van der Waals surface area (Å²) in [5.41, 5.74) is 3.23. The zero-order valence-corrected chi connectivity index (χ0v) is 16.8. The van der Waals surface area contributed by atoms with Gasteiger partial charge in [-0.2, -0.15) is 0 Å². The molecule has 0 fully saturated rings. The molecule has 0 saturated heterocycles. The summed E-state index contributed by atoms with van der Waals surface area (Å²) in [6.07, 6.45) is 0. The SMILES string of the molecule is COc1ccc(-c2nc3cc(NC(=O)c4cc5ccccc5o4)ccc3o2)cc1OC. The number of furan rings is 1. The first-order valence-electron chi connectivity index (χ1n) is 9.57. The van der Waals surface area contributed by atoms with Gasteiger partial charge in [0, 0.05) is 16.6 Å². The average molecular weight is 414 g/mol. The fraction of sp³-hybridized carbons (Fsp3) is 0.0833. The summed E-state index contributed by atoms with van der Waals surface area (Å²) in [5.74, 6) is 1.56. The Kier molecular flexibility index (Phi) is 4.55. The predicted molar refractivity (Wildman–Crippen MR) is 117 cm³/mol. The molecule has 0 radical (unpaired) electrons. The van der Waals surface area contributed by atoms with Gasteiger partial charge >= 0.3 is 0 Å². The number of ether oxygens (including phenoxy) is 2. The maximum atomic E-state index is 12.6. The molecule has 7 heteroatoms. The minimum Gasteiger partial charge on any atom is -0.493 e. The van der Waals surface area contributed by atoms with E-state index in [1.807, 2.05) is 30.3 Å². The highest BCUT2D eigenvalue weighted by atomic mass is 16.5. The topological polar surface area (TPSA) is 86.7 Å². The highest BCUT2D eigenvalue weighted by Gasteiger charge is 2.15. The lowest BCUT2D eigenvalue weighted by Gasteiger charge is -2.07. The summed E-state index contributed by atoms with van der Waals surface area (Å²) in [4.78, 5) is 17.2. The molecule has 0 atom stereocenters. The molecule has 1 N–H and O–H groups in total.